The summed E-state index contributed by atoms with van der Waals surface area (Å²) in [5.74, 6) is 0. The standard InChI is InChI=1S/C11H13ClN2O3/c12-8-3-4-10(11(6-8)14(16)17)13-5-1-2-9(13)7-15/h3-4,6,9,15H,1-2,5,7H2. The Kier molecular flexibility index (Phi) is 3.49. The summed E-state index contributed by atoms with van der Waals surface area (Å²) in [5, 5.41) is 20.6. The van der Waals surface area contributed by atoms with Gasteiger partial charge in [-0.05, 0) is 25.0 Å². The van der Waals surface area contributed by atoms with E-state index in [1.54, 1.807) is 12.1 Å². The molecular weight excluding hydrogens is 244 g/mol. The number of anilines is 1. The molecule has 1 aliphatic rings. The van der Waals surface area contributed by atoms with Gasteiger partial charge in [-0.1, -0.05) is 11.6 Å². The third-order valence-corrected chi connectivity index (χ3v) is 3.27. The quantitative estimate of drug-likeness (QED) is 0.665. The van der Waals surface area contributed by atoms with Crippen molar-refractivity contribution in [2.24, 2.45) is 0 Å². The molecule has 0 aromatic heterocycles. The zero-order valence-electron chi connectivity index (χ0n) is 9.17. The fourth-order valence-electron chi connectivity index (χ4n) is 2.23. The van der Waals surface area contributed by atoms with E-state index in [9.17, 15) is 15.2 Å². The topological polar surface area (TPSA) is 66.6 Å². The summed E-state index contributed by atoms with van der Waals surface area (Å²) in [6, 6.07) is 4.60. The van der Waals surface area contributed by atoms with Crippen LogP contribution < -0.4 is 4.90 Å². The first-order valence-corrected chi connectivity index (χ1v) is 5.82. The molecule has 92 valence electrons. The van der Waals surface area contributed by atoms with Crippen molar-refractivity contribution in [3.05, 3.63) is 33.3 Å². The van der Waals surface area contributed by atoms with Crippen molar-refractivity contribution in [2.75, 3.05) is 18.1 Å². The Morgan fingerprint density at radius 3 is 3.00 bits per heavy atom. The highest BCUT2D eigenvalue weighted by Gasteiger charge is 2.29. The first-order valence-electron chi connectivity index (χ1n) is 5.45. The number of nitrogens with zero attached hydrogens (tertiary/aromatic N) is 2. The van der Waals surface area contributed by atoms with Crippen LogP contribution in [0.4, 0.5) is 11.4 Å². The first-order chi connectivity index (χ1) is 8.13. The van der Waals surface area contributed by atoms with Gasteiger partial charge in [0, 0.05) is 17.6 Å². The number of aliphatic hydroxyl groups is 1. The van der Waals surface area contributed by atoms with E-state index in [1.807, 2.05) is 4.90 Å². The molecule has 0 amide bonds. The Bertz CT molecular complexity index is 439. The van der Waals surface area contributed by atoms with Crippen LogP contribution in [0.15, 0.2) is 18.2 Å². The summed E-state index contributed by atoms with van der Waals surface area (Å²) >= 11 is 5.77. The normalized spacial score (nSPS) is 19.6. The minimum atomic E-state index is -0.437. The average Bonchev–Trinajstić information content (AvgIpc) is 2.76. The zero-order valence-corrected chi connectivity index (χ0v) is 9.93. The predicted molar refractivity (Wildman–Crippen MR) is 65.6 cm³/mol. The van der Waals surface area contributed by atoms with E-state index >= 15 is 0 Å². The fourth-order valence-corrected chi connectivity index (χ4v) is 2.39. The van der Waals surface area contributed by atoms with Crippen LogP contribution >= 0.6 is 11.6 Å². The van der Waals surface area contributed by atoms with E-state index in [0.29, 0.717) is 10.7 Å². The van der Waals surface area contributed by atoms with E-state index in [2.05, 4.69) is 0 Å². The summed E-state index contributed by atoms with van der Waals surface area (Å²) in [6.07, 6.45) is 1.79. The van der Waals surface area contributed by atoms with Gasteiger partial charge in [0.25, 0.3) is 5.69 Å². The number of halogens is 1. The van der Waals surface area contributed by atoms with Crippen LogP contribution in [-0.2, 0) is 0 Å². The molecule has 1 aromatic rings. The molecule has 0 bridgehead atoms. The summed E-state index contributed by atoms with van der Waals surface area (Å²) in [7, 11) is 0. The Hall–Kier alpha value is -1.33. The Labute approximate surface area is 104 Å². The number of nitro benzene ring substituents is 1. The van der Waals surface area contributed by atoms with E-state index in [4.69, 9.17) is 11.6 Å². The van der Waals surface area contributed by atoms with Gasteiger partial charge in [0.1, 0.15) is 5.69 Å². The molecule has 1 saturated heterocycles. The van der Waals surface area contributed by atoms with Gasteiger partial charge in [0.2, 0.25) is 0 Å². The number of hydrogen-bond donors (Lipinski definition) is 1. The van der Waals surface area contributed by atoms with E-state index in [0.717, 1.165) is 19.4 Å². The molecule has 17 heavy (non-hydrogen) atoms. The molecule has 0 saturated carbocycles. The highest BCUT2D eigenvalue weighted by atomic mass is 35.5. The Morgan fingerprint density at radius 2 is 2.35 bits per heavy atom. The van der Waals surface area contributed by atoms with E-state index in [1.165, 1.54) is 6.07 Å². The molecule has 1 aliphatic heterocycles. The largest absolute Gasteiger partial charge is 0.394 e. The van der Waals surface area contributed by atoms with E-state index < -0.39 is 4.92 Å². The molecule has 1 aromatic carbocycles. The number of nitro groups is 1. The molecule has 1 fully saturated rings. The lowest BCUT2D eigenvalue weighted by molar-refractivity contribution is -0.384. The molecule has 1 unspecified atom stereocenters. The Morgan fingerprint density at radius 1 is 1.59 bits per heavy atom. The van der Waals surface area contributed by atoms with Gasteiger partial charge in [-0.2, -0.15) is 0 Å². The van der Waals surface area contributed by atoms with Crippen molar-refractivity contribution >= 4 is 23.0 Å². The number of hydrogen-bond acceptors (Lipinski definition) is 4. The highest BCUT2D eigenvalue weighted by molar-refractivity contribution is 6.30. The number of aliphatic hydroxyl groups excluding tert-OH is 1. The van der Waals surface area contributed by atoms with Crippen molar-refractivity contribution in [2.45, 2.75) is 18.9 Å². The first kappa shape index (κ1) is 12.1. The van der Waals surface area contributed by atoms with Crippen LogP contribution in [0.1, 0.15) is 12.8 Å². The third kappa shape index (κ3) is 2.35. The van der Waals surface area contributed by atoms with Crippen molar-refractivity contribution < 1.29 is 10.0 Å². The highest BCUT2D eigenvalue weighted by Crippen LogP contribution is 2.35. The second-order valence-corrected chi connectivity index (χ2v) is 4.50. The second kappa shape index (κ2) is 4.89. The van der Waals surface area contributed by atoms with Crippen LogP contribution in [-0.4, -0.2) is 29.2 Å². The lowest BCUT2D eigenvalue weighted by Crippen LogP contribution is -2.32. The molecule has 2 rings (SSSR count). The van der Waals surface area contributed by atoms with Crippen molar-refractivity contribution in [3.63, 3.8) is 0 Å². The summed E-state index contributed by atoms with van der Waals surface area (Å²) in [6.45, 7) is 0.744. The van der Waals surface area contributed by atoms with Crippen LogP contribution in [0.5, 0.6) is 0 Å². The number of rotatable bonds is 3. The minimum absolute atomic E-state index is 0.00199. The van der Waals surface area contributed by atoms with Gasteiger partial charge in [-0.25, -0.2) is 0 Å². The molecule has 6 heteroatoms. The molecular formula is C11H13ClN2O3. The van der Waals surface area contributed by atoms with Crippen LogP contribution in [0.25, 0.3) is 0 Å². The summed E-state index contributed by atoms with van der Waals surface area (Å²) in [4.78, 5) is 12.4. The Balaban J connectivity index is 2.40. The lowest BCUT2D eigenvalue weighted by Gasteiger charge is -2.24. The van der Waals surface area contributed by atoms with Gasteiger partial charge in [-0.15, -0.1) is 0 Å². The molecule has 5 nitrogen and oxygen atoms in total. The van der Waals surface area contributed by atoms with Gasteiger partial charge in [-0.3, -0.25) is 10.1 Å². The SMILES string of the molecule is O=[N+]([O-])c1cc(Cl)ccc1N1CCCC1CO. The minimum Gasteiger partial charge on any atom is -0.394 e. The maximum Gasteiger partial charge on any atom is 0.294 e. The van der Waals surface area contributed by atoms with Crippen LogP contribution in [0.3, 0.4) is 0 Å². The monoisotopic (exact) mass is 256 g/mol. The van der Waals surface area contributed by atoms with Crippen molar-refractivity contribution in [1.29, 1.82) is 0 Å². The maximum absolute atomic E-state index is 11.0. The van der Waals surface area contributed by atoms with E-state index in [-0.39, 0.29) is 18.3 Å². The summed E-state index contributed by atoms with van der Waals surface area (Å²) < 4.78 is 0. The van der Waals surface area contributed by atoms with Gasteiger partial charge in [0.15, 0.2) is 0 Å². The second-order valence-electron chi connectivity index (χ2n) is 4.06. The molecule has 0 radical (unpaired) electrons. The summed E-state index contributed by atoms with van der Waals surface area (Å²) in [5.41, 5.74) is 0.536. The molecule has 1 heterocycles. The number of benzene rings is 1. The van der Waals surface area contributed by atoms with Crippen molar-refractivity contribution in [1.82, 2.24) is 0 Å². The molecule has 1 atom stereocenters. The average molecular weight is 257 g/mol. The van der Waals surface area contributed by atoms with Gasteiger partial charge in [0.05, 0.1) is 17.6 Å². The lowest BCUT2D eigenvalue weighted by atomic mass is 10.2. The van der Waals surface area contributed by atoms with Crippen LogP contribution in [0.2, 0.25) is 5.02 Å². The maximum atomic E-state index is 11.0. The fraction of sp³-hybridized carbons (Fsp3) is 0.455. The molecule has 1 N–H and O–H groups in total. The third-order valence-electron chi connectivity index (χ3n) is 3.03. The molecule has 0 spiro atoms. The smallest absolute Gasteiger partial charge is 0.294 e. The molecule has 0 aliphatic carbocycles. The van der Waals surface area contributed by atoms with Crippen LogP contribution in [0, 0.1) is 10.1 Å². The van der Waals surface area contributed by atoms with Gasteiger partial charge >= 0.3 is 0 Å². The zero-order chi connectivity index (χ0) is 12.4. The predicted octanol–water partition coefficient (Wildman–Crippen LogP) is 2.21. The van der Waals surface area contributed by atoms with Gasteiger partial charge < -0.3 is 10.0 Å². The van der Waals surface area contributed by atoms with Crippen molar-refractivity contribution in [3.8, 4) is 0 Å².